The molecule has 0 heterocycles. The Bertz CT molecular complexity index is 413. The van der Waals surface area contributed by atoms with Gasteiger partial charge in [0.15, 0.2) is 23.3 Å². The van der Waals surface area contributed by atoms with Gasteiger partial charge >= 0.3 is 0 Å². The first kappa shape index (κ1) is 14.2. The highest BCUT2D eigenvalue weighted by Gasteiger charge is 2.20. The van der Waals surface area contributed by atoms with Crippen LogP contribution in [0.3, 0.4) is 0 Å². The van der Waals surface area contributed by atoms with Gasteiger partial charge in [0.1, 0.15) is 5.69 Å². The Balaban J connectivity index is 2.06. The molecule has 0 amide bonds. The maximum absolute atomic E-state index is 13.4. The first-order chi connectivity index (χ1) is 9.09. The van der Waals surface area contributed by atoms with Crippen molar-refractivity contribution in [1.82, 2.24) is 0 Å². The summed E-state index contributed by atoms with van der Waals surface area (Å²) in [5.74, 6) is -5.16. The van der Waals surface area contributed by atoms with Gasteiger partial charge in [0.25, 0.3) is 0 Å². The highest BCUT2D eigenvalue weighted by atomic mass is 19.2. The minimum absolute atomic E-state index is 0.224. The van der Waals surface area contributed by atoms with Crippen molar-refractivity contribution in [2.24, 2.45) is 5.92 Å². The van der Waals surface area contributed by atoms with Gasteiger partial charge in [-0.05, 0) is 18.8 Å². The first-order valence-electron chi connectivity index (χ1n) is 6.66. The van der Waals surface area contributed by atoms with Crippen LogP contribution in [0, 0.1) is 29.2 Å². The van der Waals surface area contributed by atoms with E-state index in [-0.39, 0.29) is 6.07 Å². The van der Waals surface area contributed by atoms with Gasteiger partial charge in [-0.2, -0.15) is 0 Å². The standard InChI is InChI=1S/C14H17F4N/c15-10-7-11(16)13(18)14(12(10)17)19-8-9-5-3-1-2-4-6-9/h7,9,19H,1-6,8H2. The average molecular weight is 275 g/mol. The van der Waals surface area contributed by atoms with E-state index in [9.17, 15) is 17.6 Å². The Morgan fingerprint density at radius 3 is 1.95 bits per heavy atom. The Morgan fingerprint density at radius 2 is 1.42 bits per heavy atom. The molecule has 106 valence electrons. The van der Waals surface area contributed by atoms with Crippen molar-refractivity contribution < 1.29 is 17.6 Å². The van der Waals surface area contributed by atoms with Crippen molar-refractivity contribution in [3.05, 3.63) is 29.3 Å². The predicted molar refractivity (Wildman–Crippen MR) is 66.0 cm³/mol. The molecule has 0 bridgehead atoms. The zero-order chi connectivity index (χ0) is 13.8. The van der Waals surface area contributed by atoms with E-state index >= 15 is 0 Å². The highest BCUT2D eigenvalue weighted by Crippen LogP contribution is 2.27. The molecule has 0 spiro atoms. The molecule has 1 fully saturated rings. The van der Waals surface area contributed by atoms with Crippen LogP contribution in [-0.2, 0) is 0 Å². The smallest absolute Gasteiger partial charge is 0.185 e. The summed E-state index contributed by atoms with van der Waals surface area (Å²) in [4.78, 5) is 0. The van der Waals surface area contributed by atoms with Gasteiger partial charge in [-0.25, -0.2) is 17.6 Å². The Morgan fingerprint density at radius 1 is 0.895 bits per heavy atom. The lowest BCUT2D eigenvalue weighted by Crippen LogP contribution is -2.16. The summed E-state index contributed by atoms with van der Waals surface area (Å²) in [6, 6.07) is 0.224. The van der Waals surface area contributed by atoms with Crippen LogP contribution in [0.5, 0.6) is 0 Å². The fraction of sp³-hybridized carbons (Fsp3) is 0.571. The van der Waals surface area contributed by atoms with E-state index in [0.29, 0.717) is 12.5 Å². The predicted octanol–water partition coefficient (Wildman–Crippen LogP) is 4.63. The van der Waals surface area contributed by atoms with Crippen LogP contribution in [0.15, 0.2) is 6.07 Å². The van der Waals surface area contributed by atoms with E-state index in [1.165, 1.54) is 12.8 Å². The number of halogens is 4. The van der Waals surface area contributed by atoms with Crippen molar-refractivity contribution in [2.75, 3.05) is 11.9 Å². The van der Waals surface area contributed by atoms with Crippen molar-refractivity contribution in [3.8, 4) is 0 Å². The van der Waals surface area contributed by atoms with Gasteiger partial charge in [0.2, 0.25) is 0 Å². The van der Waals surface area contributed by atoms with E-state index in [1.807, 2.05) is 0 Å². The molecule has 0 aromatic heterocycles. The molecule has 1 N–H and O–H groups in total. The third-order valence-electron chi connectivity index (χ3n) is 3.65. The highest BCUT2D eigenvalue weighted by molar-refractivity contribution is 5.47. The van der Waals surface area contributed by atoms with Crippen LogP contribution in [-0.4, -0.2) is 6.54 Å². The Kier molecular flexibility index (Phi) is 4.66. The number of nitrogens with one attached hydrogen (secondary N) is 1. The van der Waals surface area contributed by atoms with E-state index in [4.69, 9.17) is 0 Å². The number of rotatable bonds is 3. The molecular formula is C14H17F4N. The summed E-state index contributed by atoms with van der Waals surface area (Å²) >= 11 is 0. The molecule has 1 saturated carbocycles. The quantitative estimate of drug-likeness (QED) is 0.482. The van der Waals surface area contributed by atoms with Gasteiger partial charge < -0.3 is 5.32 Å². The van der Waals surface area contributed by atoms with Crippen molar-refractivity contribution in [1.29, 1.82) is 0 Å². The molecule has 5 heteroatoms. The fourth-order valence-electron chi connectivity index (χ4n) is 2.54. The second kappa shape index (κ2) is 6.26. The molecule has 1 aliphatic rings. The normalized spacial score (nSPS) is 17.3. The molecule has 1 aromatic rings. The average Bonchev–Trinajstić information content (AvgIpc) is 2.65. The van der Waals surface area contributed by atoms with E-state index in [2.05, 4.69) is 5.32 Å². The fourth-order valence-corrected chi connectivity index (χ4v) is 2.54. The zero-order valence-electron chi connectivity index (χ0n) is 10.6. The minimum Gasteiger partial charge on any atom is -0.380 e. The molecule has 1 nitrogen and oxygen atoms in total. The lowest BCUT2D eigenvalue weighted by molar-refractivity contribution is 0.450. The SMILES string of the molecule is Fc1cc(F)c(F)c(NCC2CCCCCC2)c1F. The maximum Gasteiger partial charge on any atom is 0.185 e. The van der Waals surface area contributed by atoms with Crippen molar-refractivity contribution in [3.63, 3.8) is 0 Å². The Labute approximate surface area is 110 Å². The van der Waals surface area contributed by atoms with Crippen molar-refractivity contribution >= 4 is 5.69 Å². The Hall–Kier alpha value is -1.26. The number of anilines is 1. The van der Waals surface area contributed by atoms with E-state index in [0.717, 1.165) is 25.7 Å². The molecule has 0 atom stereocenters. The van der Waals surface area contributed by atoms with Crippen LogP contribution in [0.25, 0.3) is 0 Å². The van der Waals surface area contributed by atoms with Crippen LogP contribution in [0.4, 0.5) is 23.2 Å². The minimum atomic E-state index is -1.37. The van der Waals surface area contributed by atoms with Crippen LogP contribution >= 0.6 is 0 Å². The molecule has 1 aliphatic carbocycles. The number of hydrogen-bond donors (Lipinski definition) is 1. The monoisotopic (exact) mass is 275 g/mol. The molecule has 19 heavy (non-hydrogen) atoms. The maximum atomic E-state index is 13.4. The molecule has 0 radical (unpaired) electrons. The van der Waals surface area contributed by atoms with Gasteiger partial charge in [-0.1, -0.05) is 25.7 Å². The number of benzene rings is 1. The molecule has 0 unspecified atom stereocenters. The molecular weight excluding hydrogens is 258 g/mol. The van der Waals surface area contributed by atoms with Crippen molar-refractivity contribution in [2.45, 2.75) is 38.5 Å². The lowest BCUT2D eigenvalue weighted by Gasteiger charge is -2.16. The third kappa shape index (κ3) is 3.39. The van der Waals surface area contributed by atoms with E-state index in [1.54, 1.807) is 0 Å². The molecule has 0 saturated heterocycles. The first-order valence-corrected chi connectivity index (χ1v) is 6.66. The zero-order valence-corrected chi connectivity index (χ0v) is 10.6. The summed E-state index contributed by atoms with van der Waals surface area (Å²) in [6.45, 7) is 0.344. The summed E-state index contributed by atoms with van der Waals surface area (Å²) < 4.78 is 52.9. The molecule has 2 rings (SSSR count). The lowest BCUT2D eigenvalue weighted by atomic mass is 10.0. The third-order valence-corrected chi connectivity index (χ3v) is 3.65. The van der Waals surface area contributed by atoms with Crippen LogP contribution in [0.2, 0.25) is 0 Å². The second-order valence-electron chi connectivity index (χ2n) is 5.08. The topological polar surface area (TPSA) is 12.0 Å². The summed E-state index contributed by atoms with van der Waals surface area (Å²) in [7, 11) is 0. The second-order valence-corrected chi connectivity index (χ2v) is 5.08. The van der Waals surface area contributed by atoms with Crippen LogP contribution < -0.4 is 5.32 Å². The van der Waals surface area contributed by atoms with Gasteiger partial charge in [-0.15, -0.1) is 0 Å². The number of hydrogen-bond acceptors (Lipinski definition) is 1. The largest absolute Gasteiger partial charge is 0.380 e. The molecule has 1 aromatic carbocycles. The summed E-state index contributed by atoms with van der Waals surface area (Å²) in [6.07, 6.45) is 6.49. The van der Waals surface area contributed by atoms with Gasteiger partial charge in [0, 0.05) is 12.6 Å². The van der Waals surface area contributed by atoms with Gasteiger partial charge in [-0.3, -0.25) is 0 Å². The van der Waals surface area contributed by atoms with Crippen LogP contribution in [0.1, 0.15) is 38.5 Å². The summed E-state index contributed by atoms with van der Waals surface area (Å²) in [5, 5.41) is 2.53. The van der Waals surface area contributed by atoms with E-state index < -0.39 is 29.0 Å². The summed E-state index contributed by atoms with van der Waals surface area (Å²) in [5.41, 5.74) is -0.693. The molecule has 0 aliphatic heterocycles. The van der Waals surface area contributed by atoms with Gasteiger partial charge in [0.05, 0.1) is 0 Å².